The van der Waals surface area contributed by atoms with E-state index >= 15 is 0 Å². The summed E-state index contributed by atoms with van der Waals surface area (Å²) in [5, 5.41) is 19.0. The summed E-state index contributed by atoms with van der Waals surface area (Å²) >= 11 is 1.56. The second-order valence-electron chi connectivity index (χ2n) is 14.9. The van der Waals surface area contributed by atoms with Crippen LogP contribution < -0.4 is 16.0 Å². The lowest BCUT2D eigenvalue weighted by atomic mass is 9.85. The highest BCUT2D eigenvalue weighted by atomic mass is 32.1. The van der Waals surface area contributed by atoms with Gasteiger partial charge in [-0.2, -0.15) is 0 Å². The van der Waals surface area contributed by atoms with Crippen LogP contribution in [-0.4, -0.2) is 81.5 Å². The number of likely N-dealkylation sites (tertiary alicyclic amines) is 1. The molecule has 3 atom stereocenters. The minimum Gasteiger partial charge on any atom is -0.460 e. The summed E-state index contributed by atoms with van der Waals surface area (Å²) in [5.41, 5.74) is 3.95. The minimum absolute atomic E-state index is 0.0378. The number of β-amino-alcohol motifs (C(OH)–C–C–N with tert-alkyl or cyclic N) is 1. The van der Waals surface area contributed by atoms with Crippen LogP contribution >= 0.6 is 11.3 Å². The smallest absolute Gasteiger partial charge is 0.306 e. The first-order valence-corrected chi connectivity index (χ1v) is 18.0. The number of ether oxygens (including phenoxy) is 1. The molecule has 0 unspecified atom stereocenters. The predicted octanol–water partition coefficient (Wildman–Crippen LogP) is 4.39. The SMILES string of the molecule is Cc1ncsc1-c1ccc(CNC(=O)[C@@H]2C[C@@H](O)CN2C(=O)[C@@H](NC(=O)c2ccc(C(=O)NCCCC(=O)OC(C)(C)C)cc2)C(C)(C)C)cc1. The van der Waals surface area contributed by atoms with Gasteiger partial charge in [0.25, 0.3) is 11.8 Å². The lowest BCUT2D eigenvalue weighted by Gasteiger charge is -2.35. The normalized spacial score (nSPS) is 16.7. The van der Waals surface area contributed by atoms with Crippen LogP contribution in [0.4, 0.5) is 0 Å². The van der Waals surface area contributed by atoms with Gasteiger partial charge in [-0.05, 0) is 74.9 Å². The zero-order valence-electron chi connectivity index (χ0n) is 30.4. The van der Waals surface area contributed by atoms with Gasteiger partial charge in [0.1, 0.15) is 17.7 Å². The van der Waals surface area contributed by atoms with Crippen LogP contribution in [-0.2, 0) is 25.7 Å². The summed E-state index contributed by atoms with van der Waals surface area (Å²) in [6.07, 6.45) is -0.215. The molecule has 0 radical (unpaired) electrons. The molecular formula is C38H49N5O7S. The number of benzene rings is 2. The molecule has 2 heterocycles. The van der Waals surface area contributed by atoms with E-state index in [1.165, 1.54) is 29.2 Å². The van der Waals surface area contributed by atoms with Gasteiger partial charge in [-0.25, -0.2) is 4.98 Å². The Morgan fingerprint density at radius 1 is 0.941 bits per heavy atom. The van der Waals surface area contributed by atoms with Gasteiger partial charge >= 0.3 is 5.97 Å². The number of amides is 4. The molecule has 13 heteroatoms. The van der Waals surface area contributed by atoms with Crippen molar-refractivity contribution in [1.29, 1.82) is 0 Å². The molecule has 1 aromatic heterocycles. The van der Waals surface area contributed by atoms with Crippen molar-refractivity contribution in [2.45, 2.75) is 98.1 Å². The van der Waals surface area contributed by atoms with Gasteiger partial charge in [-0.1, -0.05) is 45.0 Å². The number of carbonyl (C=O) groups is 5. The Balaban J connectivity index is 1.34. The van der Waals surface area contributed by atoms with Crippen LogP contribution in [0.25, 0.3) is 10.4 Å². The Bertz CT molecular complexity index is 1710. The average molecular weight is 720 g/mol. The van der Waals surface area contributed by atoms with E-state index in [1.54, 1.807) is 37.6 Å². The maximum absolute atomic E-state index is 14.0. The highest BCUT2D eigenvalue weighted by Crippen LogP contribution is 2.28. The van der Waals surface area contributed by atoms with Crippen molar-refractivity contribution < 1.29 is 33.8 Å². The lowest BCUT2D eigenvalue weighted by molar-refractivity contribution is -0.154. The van der Waals surface area contributed by atoms with E-state index in [9.17, 15) is 29.1 Å². The van der Waals surface area contributed by atoms with E-state index in [2.05, 4.69) is 20.9 Å². The van der Waals surface area contributed by atoms with Crippen LogP contribution in [0.15, 0.2) is 54.0 Å². The third kappa shape index (κ3) is 10.9. The number of aryl methyl sites for hydroxylation is 1. The Labute approximate surface area is 303 Å². The number of thiazole rings is 1. The lowest BCUT2D eigenvalue weighted by Crippen LogP contribution is -2.57. The molecule has 2 aromatic carbocycles. The quantitative estimate of drug-likeness (QED) is 0.158. The molecule has 51 heavy (non-hydrogen) atoms. The highest BCUT2D eigenvalue weighted by molar-refractivity contribution is 7.13. The second-order valence-corrected chi connectivity index (χ2v) is 15.7. The number of rotatable bonds is 12. The first-order valence-electron chi connectivity index (χ1n) is 17.1. The molecule has 0 bridgehead atoms. The van der Waals surface area contributed by atoms with E-state index in [1.807, 2.05) is 52.0 Å². The van der Waals surface area contributed by atoms with Crippen molar-refractivity contribution in [1.82, 2.24) is 25.8 Å². The first-order chi connectivity index (χ1) is 23.9. The van der Waals surface area contributed by atoms with E-state index in [4.69, 9.17) is 4.74 Å². The summed E-state index contributed by atoms with van der Waals surface area (Å²) in [5.74, 6) is -2.07. The van der Waals surface area contributed by atoms with Crippen LogP contribution in [0.5, 0.6) is 0 Å². The molecule has 3 aromatic rings. The largest absolute Gasteiger partial charge is 0.460 e. The minimum atomic E-state index is -1.01. The molecule has 0 spiro atoms. The van der Waals surface area contributed by atoms with Gasteiger partial charge in [0.05, 0.1) is 22.2 Å². The summed E-state index contributed by atoms with van der Waals surface area (Å²) in [6.45, 7) is 13.3. The molecule has 4 amide bonds. The fourth-order valence-electron chi connectivity index (χ4n) is 5.70. The molecular weight excluding hydrogens is 671 g/mol. The standard InChI is InChI=1S/C38H49N5O7S/c1-23-31(51-22-41-23)25-12-10-24(11-13-25)20-40-35(48)29-19-28(44)21-43(29)36(49)32(37(2,3)4)42-34(47)27-16-14-26(15-17-27)33(46)39-18-8-9-30(45)50-38(5,6)7/h10-17,22,28-29,32,44H,8-9,18-21H2,1-7H3,(H,39,46)(H,40,48)(H,42,47)/t28-,29+,32-/m1/s1. The number of esters is 1. The van der Waals surface area contributed by atoms with Crippen molar-refractivity contribution in [3.8, 4) is 10.4 Å². The number of nitrogens with zero attached hydrogens (tertiary/aromatic N) is 2. The topological polar surface area (TPSA) is 167 Å². The van der Waals surface area contributed by atoms with E-state index in [0.717, 1.165) is 21.7 Å². The summed E-state index contributed by atoms with van der Waals surface area (Å²) < 4.78 is 5.27. The first kappa shape index (κ1) is 39.2. The Kier molecular flexibility index (Phi) is 12.7. The third-order valence-corrected chi connectivity index (χ3v) is 9.33. The molecule has 1 aliphatic heterocycles. The maximum Gasteiger partial charge on any atom is 0.306 e. The van der Waals surface area contributed by atoms with Gasteiger partial charge in [0, 0.05) is 43.6 Å². The number of hydrogen-bond donors (Lipinski definition) is 4. The van der Waals surface area contributed by atoms with Crippen molar-refractivity contribution in [2.24, 2.45) is 5.41 Å². The molecule has 0 aliphatic carbocycles. The second kappa shape index (κ2) is 16.6. The van der Waals surface area contributed by atoms with Crippen molar-refractivity contribution in [3.63, 3.8) is 0 Å². The maximum atomic E-state index is 14.0. The number of aliphatic hydroxyl groups excluding tert-OH is 1. The highest BCUT2D eigenvalue weighted by Gasteiger charge is 2.44. The Morgan fingerprint density at radius 2 is 1.57 bits per heavy atom. The molecule has 1 aliphatic rings. The van der Waals surface area contributed by atoms with Gasteiger partial charge in [0.15, 0.2) is 0 Å². The van der Waals surface area contributed by atoms with Gasteiger partial charge < -0.3 is 30.7 Å². The average Bonchev–Trinajstić information content (AvgIpc) is 3.68. The van der Waals surface area contributed by atoms with Crippen LogP contribution in [0.2, 0.25) is 0 Å². The number of hydrogen-bond acceptors (Lipinski definition) is 9. The molecule has 1 fully saturated rings. The van der Waals surface area contributed by atoms with Gasteiger partial charge in [-0.3, -0.25) is 24.0 Å². The Hall–Kier alpha value is -4.62. The molecule has 4 rings (SSSR count). The Morgan fingerprint density at radius 3 is 2.14 bits per heavy atom. The summed E-state index contributed by atoms with van der Waals surface area (Å²) in [6, 6.07) is 11.9. The van der Waals surface area contributed by atoms with Crippen molar-refractivity contribution in [3.05, 3.63) is 76.4 Å². The number of nitrogens with one attached hydrogen (secondary N) is 3. The monoisotopic (exact) mass is 719 g/mol. The molecule has 4 N–H and O–H groups in total. The molecule has 274 valence electrons. The van der Waals surface area contributed by atoms with Gasteiger partial charge in [0.2, 0.25) is 11.8 Å². The van der Waals surface area contributed by atoms with E-state index < -0.39 is 41.0 Å². The van der Waals surface area contributed by atoms with Crippen molar-refractivity contribution >= 4 is 40.9 Å². The van der Waals surface area contributed by atoms with Crippen molar-refractivity contribution in [2.75, 3.05) is 13.1 Å². The van der Waals surface area contributed by atoms with Crippen LogP contribution in [0, 0.1) is 12.3 Å². The zero-order chi connectivity index (χ0) is 37.5. The molecule has 0 saturated carbocycles. The summed E-state index contributed by atoms with van der Waals surface area (Å²) in [4.78, 5) is 72.0. The van der Waals surface area contributed by atoms with E-state index in [-0.39, 0.29) is 55.8 Å². The number of carbonyl (C=O) groups excluding carboxylic acids is 5. The number of aromatic nitrogens is 1. The third-order valence-electron chi connectivity index (χ3n) is 8.35. The fourth-order valence-corrected chi connectivity index (χ4v) is 6.51. The molecule has 1 saturated heterocycles. The van der Waals surface area contributed by atoms with Crippen LogP contribution in [0.3, 0.4) is 0 Å². The predicted molar refractivity (Wildman–Crippen MR) is 195 cm³/mol. The number of aliphatic hydroxyl groups is 1. The van der Waals surface area contributed by atoms with Gasteiger partial charge in [-0.15, -0.1) is 11.3 Å². The zero-order valence-corrected chi connectivity index (χ0v) is 31.2. The van der Waals surface area contributed by atoms with E-state index in [0.29, 0.717) is 12.0 Å². The fraction of sp³-hybridized carbons (Fsp3) is 0.474. The van der Waals surface area contributed by atoms with Crippen LogP contribution in [0.1, 0.15) is 92.8 Å². The summed E-state index contributed by atoms with van der Waals surface area (Å²) in [7, 11) is 0. The molecule has 12 nitrogen and oxygen atoms in total.